The highest BCUT2D eigenvalue weighted by Crippen LogP contribution is 2.26. The topological polar surface area (TPSA) is 49.4 Å². The molecule has 0 heterocycles. The first-order valence-corrected chi connectivity index (χ1v) is 14.9. The Kier molecular flexibility index (Phi) is 12.1. The molecular weight excluding hydrogens is 582 g/mol. The molecule has 9 heteroatoms. The zero-order valence-electron chi connectivity index (χ0n) is 21.2. The molecule has 4 nitrogen and oxygen atoms in total. The number of amides is 2. The van der Waals surface area contributed by atoms with Gasteiger partial charge in [-0.25, -0.2) is 0 Å². The predicted octanol–water partition coefficient (Wildman–Crippen LogP) is 7.95. The van der Waals surface area contributed by atoms with Crippen LogP contribution in [0.2, 0.25) is 20.1 Å². The van der Waals surface area contributed by atoms with Crippen molar-refractivity contribution in [2.24, 2.45) is 5.92 Å². The smallest absolute Gasteiger partial charge is 0.243 e. The second kappa shape index (κ2) is 15.0. The van der Waals surface area contributed by atoms with Gasteiger partial charge in [-0.05, 0) is 46.9 Å². The average Bonchev–Trinajstić information content (AvgIpc) is 2.89. The highest BCUT2D eigenvalue weighted by molar-refractivity contribution is 7.99. The first kappa shape index (κ1) is 30.6. The van der Waals surface area contributed by atoms with Crippen molar-refractivity contribution < 1.29 is 9.59 Å². The number of carbonyl (C=O) groups is 2. The summed E-state index contributed by atoms with van der Waals surface area (Å²) >= 11 is 26.0. The molecule has 0 aliphatic rings. The van der Waals surface area contributed by atoms with Gasteiger partial charge in [-0.1, -0.05) is 103 Å². The van der Waals surface area contributed by atoms with Gasteiger partial charge in [0.25, 0.3) is 0 Å². The molecule has 0 unspecified atom stereocenters. The Morgan fingerprint density at radius 2 is 1.42 bits per heavy atom. The first-order chi connectivity index (χ1) is 18.1. The highest BCUT2D eigenvalue weighted by atomic mass is 35.5. The number of rotatable bonds is 12. The molecule has 0 spiro atoms. The van der Waals surface area contributed by atoms with E-state index in [1.165, 1.54) is 11.8 Å². The second-order valence-corrected chi connectivity index (χ2v) is 12.0. The van der Waals surface area contributed by atoms with E-state index >= 15 is 0 Å². The number of nitrogens with zero attached hydrogens (tertiary/aromatic N) is 1. The van der Waals surface area contributed by atoms with Crippen molar-refractivity contribution in [3.8, 4) is 0 Å². The zero-order chi connectivity index (χ0) is 27.7. The van der Waals surface area contributed by atoms with E-state index in [1.54, 1.807) is 29.2 Å². The molecule has 202 valence electrons. The molecule has 0 radical (unpaired) electrons. The zero-order valence-corrected chi connectivity index (χ0v) is 25.1. The monoisotopic (exact) mass is 610 g/mol. The molecule has 2 amide bonds. The standard InChI is InChI=1S/C29H30Cl4N2O2S/c1-19(2)15-34-29(37)27(14-20-6-4-3-5-7-20)35(16-21-8-10-23(30)25(32)12-21)28(36)18-38-17-22-9-11-24(31)26(33)13-22/h3-13,19,27H,14-18H2,1-2H3,(H,34,37)/t27-/m0/s1. The van der Waals surface area contributed by atoms with Crippen LogP contribution >= 0.6 is 58.2 Å². The Morgan fingerprint density at radius 1 is 0.816 bits per heavy atom. The molecule has 3 aromatic carbocycles. The number of benzene rings is 3. The third-order valence-corrected chi connectivity index (χ3v) is 8.24. The van der Waals surface area contributed by atoms with Gasteiger partial charge in [0.2, 0.25) is 11.8 Å². The van der Waals surface area contributed by atoms with Crippen LogP contribution in [-0.2, 0) is 28.3 Å². The molecule has 0 aliphatic heterocycles. The fourth-order valence-corrected chi connectivity index (χ4v) is 5.28. The number of hydrogen-bond donors (Lipinski definition) is 1. The maximum Gasteiger partial charge on any atom is 0.243 e. The van der Waals surface area contributed by atoms with E-state index in [9.17, 15) is 9.59 Å². The lowest BCUT2D eigenvalue weighted by Gasteiger charge is -2.32. The minimum Gasteiger partial charge on any atom is -0.354 e. The minimum absolute atomic E-state index is 0.151. The van der Waals surface area contributed by atoms with Crippen LogP contribution in [0.25, 0.3) is 0 Å². The fraction of sp³-hybridized carbons (Fsp3) is 0.310. The van der Waals surface area contributed by atoms with Crippen molar-refractivity contribution >= 4 is 70.0 Å². The Balaban J connectivity index is 1.86. The van der Waals surface area contributed by atoms with Crippen molar-refractivity contribution in [1.29, 1.82) is 0 Å². The SMILES string of the molecule is CC(C)CNC(=O)[C@H](Cc1ccccc1)N(Cc1ccc(Cl)c(Cl)c1)C(=O)CSCc1ccc(Cl)c(Cl)c1. The van der Waals surface area contributed by atoms with E-state index in [0.29, 0.717) is 38.8 Å². The van der Waals surface area contributed by atoms with Gasteiger partial charge in [0.1, 0.15) is 6.04 Å². The van der Waals surface area contributed by atoms with Crippen LogP contribution in [-0.4, -0.2) is 35.1 Å². The van der Waals surface area contributed by atoms with Crippen LogP contribution in [0.4, 0.5) is 0 Å². The van der Waals surface area contributed by atoms with Gasteiger partial charge in [0.05, 0.1) is 25.8 Å². The lowest BCUT2D eigenvalue weighted by molar-refractivity contribution is -0.139. The molecule has 0 saturated heterocycles. The van der Waals surface area contributed by atoms with E-state index in [4.69, 9.17) is 46.4 Å². The molecule has 0 fully saturated rings. The van der Waals surface area contributed by atoms with Crippen molar-refractivity contribution in [3.63, 3.8) is 0 Å². The molecule has 38 heavy (non-hydrogen) atoms. The lowest BCUT2D eigenvalue weighted by Crippen LogP contribution is -2.51. The highest BCUT2D eigenvalue weighted by Gasteiger charge is 2.30. The molecule has 0 saturated carbocycles. The summed E-state index contributed by atoms with van der Waals surface area (Å²) in [5, 5.41) is 4.81. The van der Waals surface area contributed by atoms with Gasteiger partial charge in [-0.3, -0.25) is 9.59 Å². The van der Waals surface area contributed by atoms with Crippen molar-refractivity contribution in [2.45, 2.75) is 38.6 Å². The van der Waals surface area contributed by atoms with Crippen LogP contribution in [0.5, 0.6) is 0 Å². The molecule has 3 aromatic rings. The van der Waals surface area contributed by atoms with Crippen LogP contribution in [0.3, 0.4) is 0 Å². The van der Waals surface area contributed by atoms with E-state index in [1.807, 2.05) is 56.3 Å². The van der Waals surface area contributed by atoms with Gasteiger partial charge < -0.3 is 10.2 Å². The van der Waals surface area contributed by atoms with Crippen LogP contribution in [0.1, 0.15) is 30.5 Å². The Bertz CT molecular complexity index is 1240. The second-order valence-electron chi connectivity index (χ2n) is 9.36. The summed E-state index contributed by atoms with van der Waals surface area (Å²) in [4.78, 5) is 28.8. The van der Waals surface area contributed by atoms with Crippen LogP contribution in [0, 0.1) is 5.92 Å². The number of hydrogen-bond acceptors (Lipinski definition) is 3. The van der Waals surface area contributed by atoms with Crippen molar-refractivity contribution in [2.75, 3.05) is 12.3 Å². The van der Waals surface area contributed by atoms with Crippen molar-refractivity contribution in [1.82, 2.24) is 10.2 Å². The third kappa shape index (κ3) is 9.39. The molecule has 1 atom stereocenters. The fourth-order valence-electron chi connectivity index (χ4n) is 3.78. The Labute approximate surface area is 249 Å². The maximum atomic E-state index is 13.7. The summed E-state index contributed by atoms with van der Waals surface area (Å²) < 4.78 is 0. The summed E-state index contributed by atoms with van der Waals surface area (Å²) in [5.41, 5.74) is 2.72. The Hall–Kier alpha value is -1.89. The van der Waals surface area contributed by atoms with Crippen LogP contribution in [0.15, 0.2) is 66.7 Å². The van der Waals surface area contributed by atoms with Crippen LogP contribution < -0.4 is 5.32 Å². The van der Waals surface area contributed by atoms with Gasteiger partial charge in [-0.15, -0.1) is 11.8 Å². The lowest BCUT2D eigenvalue weighted by atomic mass is 10.0. The predicted molar refractivity (Wildman–Crippen MR) is 161 cm³/mol. The van der Waals surface area contributed by atoms with E-state index in [-0.39, 0.29) is 30.0 Å². The summed E-state index contributed by atoms with van der Waals surface area (Å²) in [6.07, 6.45) is 0.384. The molecule has 0 aromatic heterocycles. The van der Waals surface area contributed by atoms with Gasteiger partial charge in [-0.2, -0.15) is 0 Å². The summed E-state index contributed by atoms with van der Waals surface area (Å²) in [7, 11) is 0. The molecule has 3 rings (SSSR count). The van der Waals surface area contributed by atoms with Gasteiger partial charge in [0.15, 0.2) is 0 Å². The number of halogens is 4. The molecule has 1 N–H and O–H groups in total. The third-order valence-electron chi connectivity index (χ3n) is 5.77. The largest absolute Gasteiger partial charge is 0.354 e. The Morgan fingerprint density at radius 3 is 2.03 bits per heavy atom. The summed E-state index contributed by atoms with van der Waals surface area (Å²) in [6.45, 7) is 4.80. The van der Waals surface area contributed by atoms with Gasteiger partial charge >= 0.3 is 0 Å². The maximum absolute atomic E-state index is 13.7. The van der Waals surface area contributed by atoms with Crippen molar-refractivity contribution in [3.05, 3.63) is 104 Å². The van der Waals surface area contributed by atoms with Gasteiger partial charge in [0, 0.05) is 25.3 Å². The normalized spacial score (nSPS) is 11.9. The van der Waals surface area contributed by atoms with E-state index in [2.05, 4.69) is 5.32 Å². The first-order valence-electron chi connectivity index (χ1n) is 12.2. The quantitative estimate of drug-likeness (QED) is 0.226. The van der Waals surface area contributed by atoms with E-state index in [0.717, 1.165) is 16.7 Å². The summed E-state index contributed by atoms with van der Waals surface area (Å²) in [6, 6.07) is 19.7. The number of nitrogens with one attached hydrogen (secondary N) is 1. The molecule has 0 aliphatic carbocycles. The molecular formula is C29H30Cl4N2O2S. The van der Waals surface area contributed by atoms with E-state index < -0.39 is 6.04 Å². The average molecular weight is 612 g/mol. The number of carbonyl (C=O) groups excluding carboxylic acids is 2. The minimum atomic E-state index is -0.705. The summed E-state index contributed by atoms with van der Waals surface area (Å²) in [5.74, 6) is 0.695. The molecule has 0 bridgehead atoms. The number of thioether (sulfide) groups is 1.